The highest BCUT2D eigenvalue weighted by Gasteiger charge is 2.17. The van der Waals surface area contributed by atoms with Crippen molar-refractivity contribution in [2.45, 2.75) is 38.5 Å². The van der Waals surface area contributed by atoms with E-state index < -0.39 is 5.97 Å². The second kappa shape index (κ2) is 6.13. The largest absolute Gasteiger partial charge is 0.481 e. The third kappa shape index (κ3) is 3.15. The van der Waals surface area contributed by atoms with Crippen molar-refractivity contribution in [1.82, 2.24) is 0 Å². The zero-order valence-corrected chi connectivity index (χ0v) is 12.1. The van der Waals surface area contributed by atoms with Crippen molar-refractivity contribution in [3.8, 4) is 11.1 Å². The number of carboxylic acid groups (broad SMARTS) is 1. The van der Waals surface area contributed by atoms with Crippen LogP contribution in [0.2, 0.25) is 0 Å². The summed E-state index contributed by atoms with van der Waals surface area (Å²) in [5.74, 6) is -0.691. The standard InChI is InChI=1S/C19H20O2/c20-19(21)9-3-1-2-6-14-10-11-16-13-15-7-4-5-8-17(15)18(16)12-14/h4-5,7-8,10-12H,1-3,6,9,13H2,(H,20,21). The van der Waals surface area contributed by atoms with E-state index in [4.69, 9.17) is 5.11 Å². The third-order valence-corrected chi connectivity index (χ3v) is 4.22. The molecule has 108 valence electrons. The number of carboxylic acids is 1. The molecule has 1 aliphatic rings. The molecule has 21 heavy (non-hydrogen) atoms. The molecule has 2 aromatic rings. The van der Waals surface area contributed by atoms with Crippen LogP contribution in [0.5, 0.6) is 0 Å². The van der Waals surface area contributed by atoms with Crippen LogP contribution in [-0.4, -0.2) is 11.1 Å². The number of carbonyl (C=O) groups is 1. The molecule has 0 aromatic heterocycles. The van der Waals surface area contributed by atoms with Gasteiger partial charge in [-0.2, -0.15) is 0 Å². The van der Waals surface area contributed by atoms with E-state index in [0.717, 1.165) is 32.1 Å². The van der Waals surface area contributed by atoms with Gasteiger partial charge in [0, 0.05) is 6.42 Å². The van der Waals surface area contributed by atoms with Crippen LogP contribution in [0.15, 0.2) is 42.5 Å². The van der Waals surface area contributed by atoms with Crippen molar-refractivity contribution in [2.24, 2.45) is 0 Å². The maximum atomic E-state index is 10.5. The van der Waals surface area contributed by atoms with E-state index in [1.807, 2.05) is 0 Å². The first-order valence-electron chi connectivity index (χ1n) is 7.66. The molecule has 0 saturated carbocycles. The summed E-state index contributed by atoms with van der Waals surface area (Å²) in [5, 5.41) is 8.63. The van der Waals surface area contributed by atoms with Crippen LogP contribution >= 0.6 is 0 Å². The highest BCUT2D eigenvalue weighted by Crippen LogP contribution is 2.36. The van der Waals surface area contributed by atoms with Gasteiger partial charge in [-0.25, -0.2) is 0 Å². The molecule has 0 bridgehead atoms. The first-order chi connectivity index (χ1) is 10.2. The Morgan fingerprint density at radius 3 is 2.62 bits per heavy atom. The molecule has 2 aromatic carbocycles. The molecule has 0 amide bonds. The van der Waals surface area contributed by atoms with E-state index in [0.29, 0.717) is 0 Å². The smallest absolute Gasteiger partial charge is 0.303 e. The molecule has 0 spiro atoms. The average Bonchev–Trinajstić information content (AvgIpc) is 2.84. The number of rotatable bonds is 6. The topological polar surface area (TPSA) is 37.3 Å². The average molecular weight is 280 g/mol. The van der Waals surface area contributed by atoms with Gasteiger partial charge in [0.1, 0.15) is 0 Å². The maximum Gasteiger partial charge on any atom is 0.303 e. The Morgan fingerprint density at radius 1 is 0.952 bits per heavy atom. The van der Waals surface area contributed by atoms with Crippen LogP contribution < -0.4 is 0 Å². The van der Waals surface area contributed by atoms with Crippen LogP contribution in [0, 0.1) is 0 Å². The van der Waals surface area contributed by atoms with Crippen molar-refractivity contribution in [1.29, 1.82) is 0 Å². The fraction of sp³-hybridized carbons (Fsp3) is 0.316. The van der Waals surface area contributed by atoms with Crippen LogP contribution in [0.25, 0.3) is 11.1 Å². The molecule has 3 rings (SSSR count). The Labute approximate surface area is 125 Å². The van der Waals surface area contributed by atoms with Crippen LogP contribution in [0.3, 0.4) is 0 Å². The molecule has 0 heterocycles. The van der Waals surface area contributed by atoms with Crippen molar-refractivity contribution in [3.63, 3.8) is 0 Å². The predicted octanol–water partition coefficient (Wildman–Crippen LogP) is 4.45. The second-order valence-corrected chi connectivity index (χ2v) is 5.78. The van der Waals surface area contributed by atoms with Gasteiger partial charge < -0.3 is 5.11 Å². The summed E-state index contributed by atoms with van der Waals surface area (Å²) in [5.41, 5.74) is 6.96. The highest BCUT2D eigenvalue weighted by atomic mass is 16.4. The van der Waals surface area contributed by atoms with Crippen molar-refractivity contribution < 1.29 is 9.90 Å². The Kier molecular flexibility index (Phi) is 4.05. The number of aliphatic carboxylic acids is 1. The van der Waals surface area contributed by atoms with Gasteiger partial charge in [0.05, 0.1) is 0 Å². The van der Waals surface area contributed by atoms with Gasteiger partial charge in [-0.3, -0.25) is 4.79 Å². The van der Waals surface area contributed by atoms with Gasteiger partial charge >= 0.3 is 5.97 Å². The number of benzene rings is 2. The minimum Gasteiger partial charge on any atom is -0.481 e. The maximum absolute atomic E-state index is 10.5. The molecular formula is C19H20O2. The van der Waals surface area contributed by atoms with E-state index >= 15 is 0 Å². The molecule has 0 radical (unpaired) electrons. The minimum absolute atomic E-state index is 0.289. The highest BCUT2D eigenvalue weighted by molar-refractivity contribution is 5.77. The number of fused-ring (bicyclic) bond motifs is 3. The lowest BCUT2D eigenvalue weighted by Crippen LogP contribution is -1.94. The monoisotopic (exact) mass is 280 g/mol. The van der Waals surface area contributed by atoms with Gasteiger partial charge in [-0.1, -0.05) is 48.9 Å². The lowest BCUT2D eigenvalue weighted by atomic mass is 9.99. The van der Waals surface area contributed by atoms with Crippen molar-refractivity contribution in [2.75, 3.05) is 0 Å². The first kappa shape index (κ1) is 13.9. The minimum atomic E-state index is -0.691. The van der Waals surface area contributed by atoms with Crippen LogP contribution in [0.1, 0.15) is 42.4 Å². The van der Waals surface area contributed by atoms with E-state index in [1.54, 1.807) is 0 Å². The molecule has 1 aliphatic carbocycles. The van der Waals surface area contributed by atoms with Crippen LogP contribution in [0.4, 0.5) is 0 Å². The summed E-state index contributed by atoms with van der Waals surface area (Å²) < 4.78 is 0. The van der Waals surface area contributed by atoms with Crippen LogP contribution in [-0.2, 0) is 17.6 Å². The lowest BCUT2D eigenvalue weighted by Gasteiger charge is -2.06. The van der Waals surface area contributed by atoms with Gasteiger partial charge in [0.2, 0.25) is 0 Å². The number of unbranched alkanes of at least 4 members (excludes halogenated alkanes) is 2. The number of hydrogen-bond acceptors (Lipinski definition) is 1. The first-order valence-corrected chi connectivity index (χ1v) is 7.66. The zero-order chi connectivity index (χ0) is 14.7. The van der Waals surface area contributed by atoms with Gasteiger partial charge in [-0.15, -0.1) is 0 Å². The number of hydrogen-bond donors (Lipinski definition) is 1. The molecule has 0 aliphatic heterocycles. The summed E-state index contributed by atoms with van der Waals surface area (Å²) in [6.45, 7) is 0. The molecule has 0 fully saturated rings. The summed E-state index contributed by atoms with van der Waals surface area (Å²) in [6.07, 6.45) is 5.20. The summed E-state index contributed by atoms with van der Waals surface area (Å²) in [4.78, 5) is 10.5. The van der Waals surface area contributed by atoms with Gasteiger partial charge in [0.15, 0.2) is 0 Å². The summed E-state index contributed by atoms with van der Waals surface area (Å²) >= 11 is 0. The molecule has 2 nitrogen and oxygen atoms in total. The fourth-order valence-corrected chi connectivity index (χ4v) is 3.11. The Morgan fingerprint density at radius 2 is 1.76 bits per heavy atom. The normalized spacial score (nSPS) is 12.0. The van der Waals surface area contributed by atoms with Gasteiger partial charge in [0.25, 0.3) is 0 Å². The molecule has 0 unspecified atom stereocenters. The number of aryl methyl sites for hydroxylation is 1. The van der Waals surface area contributed by atoms with Gasteiger partial charge in [-0.05, 0) is 53.5 Å². The fourth-order valence-electron chi connectivity index (χ4n) is 3.11. The molecule has 2 heteroatoms. The molecule has 0 atom stereocenters. The molecule has 0 saturated heterocycles. The Bertz CT molecular complexity index is 658. The second-order valence-electron chi connectivity index (χ2n) is 5.78. The zero-order valence-electron chi connectivity index (χ0n) is 12.1. The van der Waals surface area contributed by atoms with E-state index in [1.165, 1.54) is 27.8 Å². The summed E-state index contributed by atoms with van der Waals surface area (Å²) in [6, 6.07) is 15.4. The van der Waals surface area contributed by atoms with E-state index in [2.05, 4.69) is 42.5 Å². The van der Waals surface area contributed by atoms with E-state index in [-0.39, 0.29) is 6.42 Å². The third-order valence-electron chi connectivity index (χ3n) is 4.22. The Balaban J connectivity index is 1.64. The quantitative estimate of drug-likeness (QED) is 0.677. The lowest BCUT2D eigenvalue weighted by molar-refractivity contribution is -0.137. The molecular weight excluding hydrogens is 260 g/mol. The van der Waals surface area contributed by atoms with E-state index in [9.17, 15) is 4.79 Å². The molecule has 1 N–H and O–H groups in total. The summed E-state index contributed by atoms with van der Waals surface area (Å²) in [7, 11) is 0. The van der Waals surface area contributed by atoms with Crippen molar-refractivity contribution >= 4 is 5.97 Å². The van der Waals surface area contributed by atoms with Crippen molar-refractivity contribution in [3.05, 3.63) is 59.2 Å². The SMILES string of the molecule is O=C(O)CCCCCc1ccc2c(c1)-c1ccccc1C2. The predicted molar refractivity (Wildman–Crippen MR) is 84.5 cm³/mol. The Hall–Kier alpha value is -2.09.